The second-order valence-electron chi connectivity index (χ2n) is 3.13. The lowest BCUT2D eigenvalue weighted by Crippen LogP contribution is -1.84. The van der Waals surface area contributed by atoms with Gasteiger partial charge in [0.25, 0.3) is 0 Å². The maximum atomic E-state index is 8.81. The Morgan fingerprint density at radius 3 is 2.00 bits per heavy atom. The van der Waals surface area contributed by atoms with Crippen LogP contribution in [0.1, 0.15) is 6.92 Å². The largest absolute Gasteiger partial charge is 0.481 e. The van der Waals surface area contributed by atoms with Crippen molar-refractivity contribution in [1.29, 1.82) is 0 Å². The Labute approximate surface area is 127 Å². The van der Waals surface area contributed by atoms with Gasteiger partial charge in [0.05, 0.1) is 14.2 Å². The van der Waals surface area contributed by atoms with Crippen molar-refractivity contribution in [2.24, 2.45) is 0 Å². The number of carbonyl (C=O) groups excluding carboxylic acids is 1. The molecule has 0 saturated carbocycles. The van der Waals surface area contributed by atoms with Gasteiger partial charge in [0.1, 0.15) is 6.29 Å². The van der Waals surface area contributed by atoms with Gasteiger partial charge in [-0.25, -0.2) is 9.97 Å². The van der Waals surface area contributed by atoms with E-state index in [0.717, 1.165) is 10.8 Å². The molecular formula is C14H17BrN2O3. The standard InChI is InChI=1S/C6H6BrNO.C6H7NO.C2H4O/c1-9-6-3-2-5(7)4-8-6;1-8-6-4-2-3-5-7-6;1-2-3/h2-4H,1H3;2-5H,1H3;2H,1H3. The van der Waals surface area contributed by atoms with Gasteiger partial charge in [-0.3, -0.25) is 0 Å². The molecule has 2 heterocycles. The van der Waals surface area contributed by atoms with Gasteiger partial charge in [0.15, 0.2) is 0 Å². The van der Waals surface area contributed by atoms with Crippen LogP contribution >= 0.6 is 15.9 Å². The first kappa shape index (κ1) is 18.0. The summed E-state index contributed by atoms with van der Waals surface area (Å²) in [4.78, 5) is 16.6. The second-order valence-corrected chi connectivity index (χ2v) is 4.04. The van der Waals surface area contributed by atoms with Gasteiger partial charge in [-0.2, -0.15) is 0 Å². The number of aromatic nitrogens is 2. The molecule has 0 saturated heterocycles. The van der Waals surface area contributed by atoms with E-state index < -0.39 is 0 Å². The third kappa shape index (κ3) is 9.04. The molecule has 0 spiro atoms. The van der Waals surface area contributed by atoms with Gasteiger partial charge in [0, 0.05) is 29.0 Å². The molecule has 0 aliphatic rings. The molecular weight excluding hydrogens is 324 g/mol. The van der Waals surface area contributed by atoms with Crippen LogP contribution in [0.15, 0.2) is 47.2 Å². The Morgan fingerprint density at radius 2 is 1.65 bits per heavy atom. The molecule has 5 nitrogen and oxygen atoms in total. The van der Waals surface area contributed by atoms with Crippen LogP contribution in [0.4, 0.5) is 0 Å². The zero-order valence-corrected chi connectivity index (χ0v) is 13.2. The monoisotopic (exact) mass is 340 g/mol. The highest BCUT2D eigenvalue weighted by atomic mass is 79.9. The molecule has 0 atom stereocenters. The van der Waals surface area contributed by atoms with Crippen molar-refractivity contribution >= 4 is 22.2 Å². The number of nitrogens with zero attached hydrogens (tertiary/aromatic N) is 2. The minimum atomic E-state index is 0.637. The molecule has 0 radical (unpaired) electrons. The maximum Gasteiger partial charge on any atom is 0.212 e. The third-order valence-electron chi connectivity index (χ3n) is 1.76. The number of hydrogen-bond acceptors (Lipinski definition) is 5. The number of rotatable bonds is 2. The minimum absolute atomic E-state index is 0.637. The summed E-state index contributed by atoms with van der Waals surface area (Å²) in [5.41, 5.74) is 0. The van der Waals surface area contributed by atoms with E-state index in [1.807, 2.05) is 18.2 Å². The number of aldehydes is 1. The summed E-state index contributed by atoms with van der Waals surface area (Å²) in [6.45, 7) is 1.44. The van der Waals surface area contributed by atoms with Gasteiger partial charge >= 0.3 is 0 Å². The highest BCUT2D eigenvalue weighted by Gasteiger charge is 1.88. The fourth-order valence-corrected chi connectivity index (χ4v) is 1.19. The van der Waals surface area contributed by atoms with Gasteiger partial charge in [-0.1, -0.05) is 6.07 Å². The molecule has 0 aliphatic carbocycles. The number of halogens is 1. The Hall–Kier alpha value is -1.95. The average Bonchev–Trinajstić information content (AvgIpc) is 2.50. The summed E-state index contributed by atoms with van der Waals surface area (Å²) in [7, 11) is 3.19. The average molecular weight is 341 g/mol. The van der Waals surface area contributed by atoms with Crippen LogP contribution in [0.5, 0.6) is 11.8 Å². The Balaban J connectivity index is 0.000000304. The second kappa shape index (κ2) is 12.1. The summed E-state index contributed by atoms with van der Waals surface area (Å²) in [6.07, 6.45) is 4.14. The smallest absolute Gasteiger partial charge is 0.212 e. The van der Waals surface area contributed by atoms with Crippen molar-refractivity contribution in [3.05, 3.63) is 47.2 Å². The zero-order chi connectivity index (χ0) is 15.2. The molecule has 0 aromatic carbocycles. The van der Waals surface area contributed by atoms with Crippen molar-refractivity contribution < 1.29 is 14.3 Å². The molecule has 20 heavy (non-hydrogen) atoms. The van der Waals surface area contributed by atoms with Crippen molar-refractivity contribution in [2.45, 2.75) is 6.92 Å². The molecule has 108 valence electrons. The van der Waals surface area contributed by atoms with Gasteiger partial charge in [-0.05, 0) is 35.0 Å². The highest BCUT2D eigenvalue weighted by molar-refractivity contribution is 9.10. The van der Waals surface area contributed by atoms with Crippen LogP contribution in [0.2, 0.25) is 0 Å². The first-order chi connectivity index (χ1) is 9.67. The van der Waals surface area contributed by atoms with E-state index >= 15 is 0 Å². The predicted molar refractivity (Wildman–Crippen MR) is 81.0 cm³/mol. The highest BCUT2D eigenvalue weighted by Crippen LogP contribution is 2.10. The number of carbonyl (C=O) groups is 1. The normalized spacial score (nSPS) is 8.20. The van der Waals surface area contributed by atoms with Crippen LogP contribution in [-0.2, 0) is 4.79 Å². The first-order valence-electron chi connectivity index (χ1n) is 5.68. The zero-order valence-electron chi connectivity index (χ0n) is 11.6. The molecule has 6 heteroatoms. The summed E-state index contributed by atoms with van der Waals surface area (Å²) < 4.78 is 10.6. The van der Waals surface area contributed by atoms with E-state index in [-0.39, 0.29) is 0 Å². The van der Waals surface area contributed by atoms with E-state index in [0.29, 0.717) is 11.8 Å². The molecule has 0 bridgehead atoms. The number of hydrogen-bond donors (Lipinski definition) is 0. The molecule has 0 amide bonds. The Bertz CT molecular complexity index is 464. The van der Waals surface area contributed by atoms with Gasteiger partial charge in [0.2, 0.25) is 11.8 Å². The van der Waals surface area contributed by atoms with E-state index in [2.05, 4.69) is 25.9 Å². The summed E-state index contributed by atoms with van der Waals surface area (Å²) in [6, 6.07) is 9.21. The Kier molecular flexibility index (Phi) is 10.9. The van der Waals surface area contributed by atoms with Gasteiger partial charge < -0.3 is 14.3 Å². The van der Waals surface area contributed by atoms with Crippen LogP contribution in [0, 0.1) is 0 Å². The fraction of sp³-hybridized carbons (Fsp3) is 0.214. The van der Waals surface area contributed by atoms with Crippen molar-refractivity contribution in [1.82, 2.24) is 9.97 Å². The summed E-state index contributed by atoms with van der Waals surface area (Å²) in [5, 5.41) is 0. The van der Waals surface area contributed by atoms with Crippen LogP contribution in [0.25, 0.3) is 0 Å². The topological polar surface area (TPSA) is 61.3 Å². The first-order valence-corrected chi connectivity index (χ1v) is 6.47. The molecule has 2 aromatic rings. The van der Waals surface area contributed by atoms with Crippen molar-refractivity contribution in [3.63, 3.8) is 0 Å². The molecule has 2 rings (SSSR count). The number of ether oxygens (including phenoxy) is 2. The minimum Gasteiger partial charge on any atom is -0.481 e. The lowest BCUT2D eigenvalue weighted by atomic mass is 10.5. The summed E-state index contributed by atoms with van der Waals surface area (Å²) >= 11 is 3.26. The van der Waals surface area contributed by atoms with E-state index in [1.54, 1.807) is 38.7 Å². The van der Waals surface area contributed by atoms with Gasteiger partial charge in [-0.15, -0.1) is 0 Å². The molecule has 0 N–H and O–H groups in total. The Morgan fingerprint density at radius 1 is 1.05 bits per heavy atom. The maximum absolute atomic E-state index is 8.81. The SMILES string of the molecule is CC=O.COc1ccc(Br)cn1.COc1ccccn1. The van der Waals surface area contributed by atoms with Crippen LogP contribution < -0.4 is 9.47 Å². The number of methoxy groups -OCH3 is 2. The van der Waals surface area contributed by atoms with Crippen LogP contribution in [0.3, 0.4) is 0 Å². The molecule has 0 fully saturated rings. The number of pyridine rings is 2. The summed E-state index contributed by atoms with van der Waals surface area (Å²) in [5.74, 6) is 1.30. The van der Waals surface area contributed by atoms with Crippen molar-refractivity contribution in [2.75, 3.05) is 14.2 Å². The van der Waals surface area contributed by atoms with E-state index in [9.17, 15) is 0 Å². The lowest BCUT2D eigenvalue weighted by molar-refractivity contribution is -0.106. The molecule has 0 unspecified atom stereocenters. The molecule has 0 aliphatic heterocycles. The lowest BCUT2D eigenvalue weighted by Gasteiger charge is -1.94. The van der Waals surface area contributed by atoms with Crippen LogP contribution in [-0.4, -0.2) is 30.5 Å². The third-order valence-corrected chi connectivity index (χ3v) is 2.23. The van der Waals surface area contributed by atoms with Crippen molar-refractivity contribution in [3.8, 4) is 11.8 Å². The fourth-order valence-electron chi connectivity index (χ4n) is 0.951. The predicted octanol–water partition coefficient (Wildman–Crippen LogP) is 3.15. The van der Waals surface area contributed by atoms with E-state index in [1.165, 1.54) is 6.92 Å². The molecule has 2 aromatic heterocycles. The quantitative estimate of drug-likeness (QED) is 0.786. The van der Waals surface area contributed by atoms with E-state index in [4.69, 9.17) is 14.3 Å².